The Kier molecular flexibility index (Phi) is 7.52. The third-order valence-electron chi connectivity index (χ3n) is 12.0. The van der Waals surface area contributed by atoms with Crippen LogP contribution >= 0.6 is 0 Å². The molecule has 0 spiro atoms. The van der Waals surface area contributed by atoms with Crippen molar-refractivity contribution in [3.8, 4) is 0 Å². The van der Waals surface area contributed by atoms with E-state index in [0.29, 0.717) is 31.2 Å². The fourth-order valence-electron chi connectivity index (χ4n) is 9.79. The number of aliphatic hydroxyl groups excluding tert-OH is 5. The highest BCUT2D eigenvalue weighted by Crippen LogP contribution is 2.71. The quantitative estimate of drug-likeness (QED) is 0.167. The van der Waals surface area contributed by atoms with Crippen LogP contribution in [0, 0.1) is 22.7 Å². The Balaban J connectivity index is 1.24. The van der Waals surface area contributed by atoms with Crippen LogP contribution in [0.4, 0.5) is 0 Å². The molecule has 14 atom stereocenters. The lowest BCUT2D eigenvalue weighted by atomic mass is 9.41. The second kappa shape index (κ2) is 10.4. The fraction of sp³-hybridized carbons (Fsp3) is 0.800. The number of carbonyl (C=O) groups is 1. The van der Waals surface area contributed by atoms with Gasteiger partial charge in [0.15, 0.2) is 6.29 Å². The number of hydrogen-bond donors (Lipinski definition) is 7. The lowest BCUT2D eigenvalue weighted by Gasteiger charge is -2.65. The molecule has 0 aromatic carbocycles. The monoisotopic (exact) mass is 594 g/mol. The van der Waals surface area contributed by atoms with Crippen LogP contribution in [0.5, 0.6) is 0 Å². The molecule has 1 aliphatic heterocycles. The molecule has 4 aliphatic carbocycles. The predicted octanol–water partition coefficient (Wildman–Crippen LogP) is -0.669. The average Bonchev–Trinajstić information content (AvgIpc) is 3.17. The molecule has 0 radical (unpaired) electrons. The van der Waals surface area contributed by atoms with Crippen molar-refractivity contribution in [2.24, 2.45) is 22.7 Å². The largest absolute Gasteiger partial charge is 0.431 e. The number of ether oxygens (including phenoxy) is 2. The summed E-state index contributed by atoms with van der Waals surface area (Å²) in [6, 6.07) is 2.94. The normalized spacial score (nSPS) is 52.2. The van der Waals surface area contributed by atoms with Crippen LogP contribution in [0.1, 0.15) is 69.8 Å². The molecule has 2 heterocycles. The van der Waals surface area contributed by atoms with E-state index >= 15 is 0 Å². The summed E-state index contributed by atoms with van der Waals surface area (Å²) in [6.07, 6.45) is -4.06. The van der Waals surface area contributed by atoms with E-state index in [1.165, 1.54) is 12.3 Å². The van der Waals surface area contributed by atoms with Crippen LogP contribution in [0.2, 0.25) is 0 Å². The molecule has 4 saturated carbocycles. The minimum atomic E-state index is -1.59. The van der Waals surface area contributed by atoms with Gasteiger partial charge >= 0.3 is 5.63 Å². The Morgan fingerprint density at radius 1 is 0.976 bits per heavy atom. The number of carbonyl (C=O) groups excluding carboxylic acids is 1. The molecule has 5 fully saturated rings. The van der Waals surface area contributed by atoms with Crippen LogP contribution in [-0.2, 0) is 14.3 Å². The van der Waals surface area contributed by atoms with Crippen molar-refractivity contribution in [3.63, 3.8) is 0 Å². The Labute approximate surface area is 242 Å². The molecule has 0 amide bonds. The molecule has 12 heteroatoms. The standard InChI is InChI=1S/C30H42O12/c1-27-7-5-17-18(30(27,39)11-19(33)22(27)15-2-3-21(34)40-13-15)6-9-29(38)10-16(4-8-28(17,29)14-32)41-26-25(37)24(36)23(35)20(12-31)42-26/h2-3,13-14,16-20,22-26,31,33,35-39H,4-12H2,1H3. The second-order valence-corrected chi connectivity index (χ2v) is 13.7. The van der Waals surface area contributed by atoms with E-state index in [4.69, 9.17) is 13.9 Å². The molecule has 0 bridgehead atoms. The lowest BCUT2D eigenvalue weighted by molar-refractivity contribution is -0.322. The third kappa shape index (κ3) is 4.14. The van der Waals surface area contributed by atoms with E-state index < -0.39 is 83.1 Å². The molecule has 7 N–H and O–H groups in total. The van der Waals surface area contributed by atoms with Crippen LogP contribution in [0.25, 0.3) is 0 Å². The SMILES string of the molecule is CC12CCC3C(CCC4(O)CC(OC5OC(CO)C(O)C(O)C5O)CCC34C=O)C1(O)CC(O)C2c1ccc(=O)oc1. The highest BCUT2D eigenvalue weighted by molar-refractivity contribution is 5.64. The van der Waals surface area contributed by atoms with Gasteiger partial charge in [0.05, 0.1) is 41.7 Å². The van der Waals surface area contributed by atoms with Gasteiger partial charge in [-0.3, -0.25) is 0 Å². The summed E-state index contributed by atoms with van der Waals surface area (Å²) in [6.45, 7) is 1.36. The zero-order chi connectivity index (χ0) is 30.2. The maximum atomic E-state index is 13.0. The third-order valence-corrected chi connectivity index (χ3v) is 12.0. The Bertz CT molecular complexity index is 1220. The van der Waals surface area contributed by atoms with Gasteiger partial charge in [0.2, 0.25) is 0 Å². The molecule has 14 unspecified atom stereocenters. The van der Waals surface area contributed by atoms with Crippen molar-refractivity contribution in [1.29, 1.82) is 0 Å². The summed E-state index contributed by atoms with van der Waals surface area (Å²) in [7, 11) is 0. The van der Waals surface area contributed by atoms with Crippen molar-refractivity contribution in [1.82, 2.24) is 0 Å². The van der Waals surface area contributed by atoms with Gasteiger partial charge in [-0.25, -0.2) is 4.79 Å². The maximum absolute atomic E-state index is 13.0. The van der Waals surface area contributed by atoms with E-state index in [1.54, 1.807) is 6.07 Å². The van der Waals surface area contributed by atoms with Gasteiger partial charge in [-0.15, -0.1) is 0 Å². The van der Waals surface area contributed by atoms with E-state index in [2.05, 4.69) is 0 Å². The Morgan fingerprint density at radius 2 is 1.71 bits per heavy atom. The van der Waals surface area contributed by atoms with Gasteiger partial charge in [0, 0.05) is 30.2 Å². The number of hydrogen-bond acceptors (Lipinski definition) is 12. The minimum absolute atomic E-state index is 0.0635. The topological polar surface area (TPSA) is 207 Å². The summed E-state index contributed by atoms with van der Waals surface area (Å²) < 4.78 is 16.6. The van der Waals surface area contributed by atoms with Crippen molar-refractivity contribution in [2.75, 3.05) is 6.61 Å². The summed E-state index contributed by atoms with van der Waals surface area (Å²) in [5.74, 6) is -1.18. The van der Waals surface area contributed by atoms with Gasteiger partial charge < -0.3 is 54.4 Å². The molecule has 234 valence electrons. The molecular formula is C30H42O12. The van der Waals surface area contributed by atoms with Gasteiger partial charge in [-0.1, -0.05) is 6.92 Å². The van der Waals surface area contributed by atoms with Crippen LogP contribution in [-0.4, -0.2) is 103 Å². The van der Waals surface area contributed by atoms with Crippen molar-refractivity contribution in [3.05, 3.63) is 34.4 Å². The zero-order valence-electron chi connectivity index (χ0n) is 23.6. The molecular weight excluding hydrogens is 552 g/mol. The van der Waals surface area contributed by atoms with E-state index in [1.807, 2.05) is 6.92 Å². The van der Waals surface area contributed by atoms with Gasteiger partial charge in [0.25, 0.3) is 0 Å². The van der Waals surface area contributed by atoms with Gasteiger partial charge in [-0.2, -0.15) is 0 Å². The number of rotatable bonds is 5. The number of fused-ring (bicyclic) bond motifs is 5. The summed E-state index contributed by atoms with van der Waals surface area (Å²) >= 11 is 0. The van der Waals surface area contributed by atoms with Gasteiger partial charge in [-0.05, 0) is 62.0 Å². The van der Waals surface area contributed by atoms with Crippen LogP contribution in [0.15, 0.2) is 27.6 Å². The number of aliphatic hydroxyl groups is 7. The maximum Gasteiger partial charge on any atom is 0.335 e. The Hall–Kier alpha value is -1.74. The van der Waals surface area contributed by atoms with Crippen molar-refractivity contribution in [2.45, 2.75) is 118 Å². The highest BCUT2D eigenvalue weighted by Gasteiger charge is 2.73. The molecule has 12 nitrogen and oxygen atoms in total. The van der Waals surface area contributed by atoms with Crippen molar-refractivity contribution >= 4 is 6.29 Å². The zero-order valence-corrected chi connectivity index (χ0v) is 23.6. The van der Waals surface area contributed by atoms with Gasteiger partial charge in [0.1, 0.15) is 30.7 Å². The molecule has 1 aromatic heterocycles. The smallest absolute Gasteiger partial charge is 0.335 e. The molecule has 1 saturated heterocycles. The summed E-state index contributed by atoms with van der Waals surface area (Å²) in [4.78, 5) is 24.6. The van der Waals surface area contributed by atoms with E-state index in [-0.39, 0.29) is 37.5 Å². The lowest BCUT2D eigenvalue weighted by Crippen LogP contribution is -2.69. The van der Waals surface area contributed by atoms with Crippen molar-refractivity contribution < 1.29 is 54.4 Å². The second-order valence-electron chi connectivity index (χ2n) is 13.7. The van der Waals surface area contributed by atoms with Crippen LogP contribution in [0.3, 0.4) is 0 Å². The predicted molar refractivity (Wildman–Crippen MR) is 143 cm³/mol. The van der Waals surface area contributed by atoms with E-state index in [9.17, 15) is 45.3 Å². The minimum Gasteiger partial charge on any atom is -0.431 e. The molecule has 1 aromatic rings. The first-order valence-corrected chi connectivity index (χ1v) is 15.0. The summed E-state index contributed by atoms with van der Waals surface area (Å²) in [5, 5.41) is 76.0. The first kappa shape index (κ1) is 30.3. The molecule has 5 aliphatic rings. The first-order valence-electron chi connectivity index (χ1n) is 15.0. The number of aldehydes is 1. The summed E-state index contributed by atoms with van der Waals surface area (Å²) in [5.41, 5.74) is -4.56. The molecule has 42 heavy (non-hydrogen) atoms. The highest BCUT2D eigenvalue weighted by atomic mass is 16.7. The van der Waals surface area contributed by atoms with E-state index in [0.717, 1.165) is 6.29 Å². The first-order chi connectivity index (χ1) is 19.8. The fourth-order valence-corrected chi connectivity index (χ4v) is 9.79. The Morgan fingerprint density at radius 3 is 2.38 bits per heavy atom. The molecule has 6 rings (SSSR count). The van der Waals surface area contributed by atoms with Crippen LogP contribution < -0.4 is 5.63 Å². The average molecular weight is 595 g/mol.